The monoisotopic (exact) mass is 392 g/mol. The summed E-state index contributed by atoms with van der Waals surface area (Å²) in [5.74, 6) is -1.01. The van der Waals surface area contributed by atoms with Crippen molar-refractivity contribution in [2.45, 2.75) is 18.3 Å². The van der Waals surface area contributed by atoms with Crippen LogP contribution in [0.5, 0.6) is 0 Å². The van der Waals surface area contributed by atoms with Gasteiger partial charge in [0.2, 0.25) is 5.79 Å². The van der Waals surface area contributed by atoms with Crippen molar-refractivity contribution >= 4 is 0 Å². The Morgan fingerprint density at radius 3 is 1.70 bits per heavy atom. The second-order valence-electron chi connectivity index (χ2n) is 7.75. The van der Waals surface area contributed by atoms with Gasteiger partial charge in [0.25, 0.3) is 0 Å². The van der Waals surface area contributed by atoms with Crippen molar-refractivity contribution in [1.82, 2.24) is 0 Å². The molecule has 0 N–H and O–H groups in total. The van der Waals surface area contributed by atoms with Crippen molar-refractivity contribution in [3.8, 4) is 0 Å². The van der Waals surface area contributed by atoms with Crippen molar-refractivity contribution < 1.29 is 9.47 Å². The van der Waals surface area contributed by atoms with E-state index in [2.05, 4.69) is 104 Å². The van der Waals surface area contributed by atoms with E-state index >= 15 is 0 Å². The SMILES string of the molecule is COC1(c2cccc(C)c2)OC(c2ccccc2)(c2ccccc2)c2ccccc21. The van der Waals surface area contributed by atoms with Crippen LogP contribution in [0.2, 0.25) is 0 Å². The Kier molecular flexibility index (Phi) is 4.54. The van der Waals surface area contributed by atoms with Crippen LogP contribution >= 0.6 is 0 Å². The van der Waals surface area contributed by atoms with Gasteiger partial charge in [-0.1, -0.05) is 115 Å². The van der Waals surface area contributed by atoms with Crippen LogP contribution in [0.1, 0.15) is 33.4 Å². The second kappa shape index (κ2) is 7.24. The minimum absolute atomic E-state index is 0.779. The average molecular weight is 392 g/mol. The maximum absolute atomic E-state index is 7.15. The van der Waals surface area contributed by atoms with Crippen molar-refractivity contribution in [2.75, 3.05) is 7.11 Å². The second-order valence-corrected chi connectivity index (χ2v) is 7.75. The highest BCUT2D eigenvalue weighted by atomic mass is 16.7. The molecular weight excluding hydrogens is 368 g/mol. The first kappa shape index (κ1) is 18.8. The maximum atomic E-state index is 7.15. The van der Waals surface area contributed by atoms with Crippen molar-refractivity contribution in [1.29, 1.82) is 0 Å². The standard InChI is InChI=1S/C28H24O2/c1-21-12-11-17-24(20-21)28(29-2)26-19-10-9-18-25(26)27(30-28,22-13-5-3-6-14-22)23-15-7-4-8-16-23/h3-20H,1-2H3. The number of benzene rings is 4. The van der Waals surface area contributed by atoms with Crippen molar-refractivity contribution in [2.24, 2.45) is 0 Å². The summed E-state index contributed by atoms with van der Waals surface area (Å²) in [5.41, 5.74) is 5.67. The highest BCUT2D eigenvalue weighted by molar-refractivity contribution is 5.57. The van der Waals surface area contributed by atoms with Crippen LogP contribution in [0.3, 0.4) is 0 Å². The summed E-state index contributed by atoms with van der Waals surface area (Å²) in [6, 6.07) is 37.6. The molecule has 0 fully saturated rings. The quantitative estimate of drug-likeness (QED) is 0.414. The summed E-state index contributed by atoms with van der Waals surface area (Å²) in [6.07, 6.45) is 0. The van der Waals surface area contributed by atoms with Crippen LogP contribution in [0, 0.1) is 6.92 Å². The summed E-state index contributed by atoms with van der Waals surface area (Å²) in [5, 5.41) is 0. The van der Waals surface area contributed by atoms with E-state index in [9.17, 15) is 0 Å². The number of ether oxygens (including phenoxy) is 2. The smallest absolute Gasteiger partial charge is 0.224 e. The number of rotatable bonds is 4. The Balaban J connectivity index is 1.86. The van der Waals surface area contributed by atoms with E-state index in [1.165, 1.54) is 5.56 Å². The molecule has 4 aromatic rings. The highest BCUT2D eigenvalue weighted by Gasteiger charge is 2.56. The fourth-order valence-corrected chi connectivity index (χ4v) is 4.68. The average Bonchev–Trinajstić information content (AvgIpc) is 3.13. The predicted molar refractivity (Wildman–Crippen MR) is 119 cm³/mol. The first-order valence-corrected chi connectivity index (χ1v) is 10.2. The largest absolute Gasteiger partial charge is 0.346 e. The Hall–Kier alpha value is -3.20. The van der Waals surface area contributed by atoms with Gasteiger partial charge in [0.05, 0.1) is 0 Å². The molecule has 2 nitrogen and oxygen atoms in total. The van der Waals surface area contributed by atoms with Crippen LogP contribution < -0.4 is 0 Å². The molecule has 0 spiro atoms. The van der Waals surface area contributed by atoms with Gasteiger partial charge in [-0.25, -0.2) is 0 Å². The van der Waals surface area contributed by atoms with Gasteiger partial charge < -0.3 is 9.47 Å². The topological polar surface area (TPSA) is 18.5 Å². The number of fused-ring (bicyclic) bond motifs is 1. The lowest BCUT2D eigenvalue weighted by atomic mass is 9.79. The Labute approximate surface area is 177 Å². The molecule has 1 atom stereocenters. The maximum Gasteiger partial charge on any atom is 0.224 e. The van der Waals surface area contributed by atoms with Crippen LogP contribution in [-0.4, -0.2) is 7.11 Å². The van der Waals surface area contributed by atoms with Gasteiger partial charge in [-0.3, -0.25) is 0 Å². The summed E-state index contributed by atoms with van der Waals surface area (Å²) in [6.45, 7) is 2.09. The molecule has 0 aliphatic carbocycles. The Morgan fingerprint density at radius 2 is 1.13 bits per heavy atom. The third-order valence-corrected chi connectivity index (χ3v) is 6.00. The fourth-order valence-electron chi connectivity index (χ4n) is 4.68. The van der Waals surface area contributed by atoms with Crippen molar-refractivity contribution in [3.05, 3.63) is 143 Å². The van der Waals surface area contributed by atoms with Gasteiger partial charge in [-0.15, -0.1) is 0 Å². The highest BCUT2D eigenvalue weighted by Crippen LogP contribution is 2.56. The normalized spacial score (nSPS) is 19.4. The summed E-state index contributed by atoms with van der Waals surface area (Å²) in [7, 11) is 1.73. The molecule has 0 saturated heterocycles. The van der Waals surface area contributed by atoms with E-state index < -0.39 is 11.4 Å². The van der Waals surface area contributed by atoms with E-state index in [4.69, 9.17) is 9.47 Å². The predicted octanol–water partition coefficient (Wildman–Crippen LogP) is 6.16. The van der Waals surface area contributed by atoms with Gasteiger partial charge in [-0.05, 0) is 18.1 Å². The third-order valence-electron chi connectivity index (χ3n) is 6.00. The van der Waals surface area contributed by atoms with Crippen LogP contribution in [-0.2, 0) is 20.9 Å². The third kappa shape index (κ3) is 2.65. The van der Waals surface area contributed by atoms with Crippen LogP contribution in [0.25, 0.3) is 0 Å². The number of hydrogen-bond acceptors (Lipinski definition) is 2. The molecule has 2 heteroatoms. The molecule has 148 valence electrons. The lowest BCUT2D eigenvalue weighted by Crippen LogP contribution is -2.36. The van der Waals surface area contributed by atoms with E-state index in [1.807, 2.05) is 12.1 Å². The number of hydrogen-bond donors (Lipinski definition) is 0. The van der Waals surface area contributed by atoms with E-state index in [1.54, 1.807) is 7.11 Å². The molecule has 1 aliphatic rings. The molecule has 1 aliphatic heterocycles. The van der Waals surface area contributed by atoms with Gasteiger partial charge in [0.15, 0.2) is 0 Å². The Bertz CT molecular complexity index is 1130. The lowest BCUT2D eigenvalue weighted by molar-refractivity contribution is -0.226. The molecule has 0 amide bonds. The molecule has 1 unspecified atom stereocenters. The first-order valence-electron chi connectivity index (χ1n) is 10.2. The van der Waals surface area contributed by atoms with Crippen molar-refractivity contribution in [3.63, 3.8) is 0 Å². The zero-order valence-electron chi connectivity index (χ0n) is 17.2. The molecule has 0 radical (unpaired) electrons. The summed E-state index contributed by atoms with van der Waals surface area (Å²) in [4.78, 5) is 0. The molecular formula is C28H24O2. The van der Waals surface area contributed by atoms with E-state index in [-0.39, 0.29) is 0 Å². The lowest BCUT2D eigenvalue weighted by Gasteiger charge is -2.36. The van der Waals surface area contributed by atoms with Crippen LogP contribution in [0.4, 0.5) is 0 Å². The molecule has 5 rings (SSSR count). The van der Waals surface area contributed by atoms with Crippen LogP contribution in [0.15, 0.2) is 109 Å². The summed E-state index contributed by atoms with van der Waals surface area (Å²) >= 11 is 0. The number of methoxy groups -OCH3 is 1. The first-order chi connectivity index (χ1) is 14.7. The minimum atomic E-state index is -1.01. The molecule has 0 bridgehead atoms. The minimum Gasteiger partial charge on any atom is -0.346 e. The van der Waals surface area contributed by atoms with Gasteiger partial charge in [0.1, 0.15) is 5.60 Å². The van der Waals surface area contributed by atoms with Gasteiger partial charge >= 0.3 is 0 Å². The number of aryl methyl sites for hydroxylation is 1. The molecule has 0 saturated carbocycles. The molecule has 0 aromatic heterocycles. The molecule has 1 heterocycles. The van der Waals surface area contributed by atoms with E-state index in [0.29, 0.717) is 0 Å². The van der Waals surface area contributed by atoms with Gasteiger partial charge in [0, 0.05) is 23.8 Å². The molecule has 30 heavy (non-hydrogen) atoms. The zero-order valence-corrected chi connectivity index (χ0v) is 17.2. The Morgan fingerprint density at radius 1 is 0.600 bits per heavy atom. The summed E-state index contributed by atoms with van der Waals surface area (Å²) < 4.78 is 13.4. The van der Waals surface area contributed by atoms with Gasteiger partial charge in [-0.2, -0.15) is 0 Å². The fraction of sp³-hybridized carbons (Fsp3) is 0.143. The van der Waals surface area contributed by atoms with E-state index in [0.717, 1.165) is 27.8 Å². The zero-order chi connectivity index (χ0) is 20.6. The molecule has 4 aromatic carbocycles.